The molecule has 0 radical (unpaired) electrons. The molecule has 0 saturated carbocycles. The lowest BCUT2D eigenvalue weighted by Crippen LogP contribution is -2.40. The number of hydrogen-bond acceptors (Lipinski definition) is 3. The van der Waals surface area contributed by atoms with E-state index in [9.17, 15) is 0 Å². The Morgan fingerprint density at radius 3 is 3.00 bits per heavy atom. The molecule has 1 saturated heterocycles. The highest BCUT2D eigenvalue weighted by molar-refractivity contribution is 4.73. The topological polar surface area (TPSA) is 24.5 Å². The molecule has 0 bridgehead atoms. The normalized spacial score (nSPS) is 23.8. The maximum atomic E-state index is 5.86. The highest BCUT2D eigenvalue weighted by atomic mass is 16.5. The first-order valence-electron chi connectivity index (χ1n) is 7.27. The fourth-order valence-electron chi connectivity index (χ4n) is 2.40. The summed E-state index contributed by atoms with van der Waals surface area (Å²) in [7, 11) is 2.04. The molecule has 1 N–H and O–H groups in total. The van der Waals surface area contributed by atoms with Gasteiger partial charge in [-0.2, -0.15) is 0 Å². The van der Waals surface area contributed by atoms with Crippen LogP contribution in [0.5, 0.6) is 0 Å². The van der Waals surface area contributed by atoms with E-state index in [1.807, 2.05) is 7.05 Å². The van der Waals surface area contributed by atoms with Gasteiger partial charge < -0.3 is 15.0 Å². The van der Waals surface area contributed by atoms with Crippen LogP contribution in [0.2, 0.25) is 0 Å². The summed E-state index contributed by atoms with van der Waals surface area (Å²) in [6, 6.07) is 0.645. The Balaban J connectivity index is 2.11. The largest absolute Gasteiger partial charge is 0.377 e. The van der Waals surface area contributed by atoms with Gasteiger partial charge in [-0.1, -0.05) is 6.92 Å². The molecule has 2 atom stereocenters. The summed E-state index contributed by atoms with van der Waals surface area (Å²) in [5, 5.41) is 3.30. The van der Waals surface area contributed by atoms with Crippen molar-refractivity contribution in [3.05, 3.63) is 0 Å². The Bertz CT molecular complexity index is 187. The van der Waals surface area contributed by atoms with Crippen LogP contribution in [0.1, 0.15) is 46.0 Å². The number of piperidine rings is 1. The summed E-state index contributed by atoms with van der Waals surface area (Å²) in [6.07, 6.45) is 6.75. The predicted molar refractivity (Wildman–Crippen MR) is 73.5 cm³/mol. The third-order valence-electron chi connectivity index (χ3n) is 3.62. The van der Waals surface area contributed by atoms with Crippen LogP contribution in [0.25, 0.3) is 0 Å². The summed E-state index contributed by atoms with van der Waals surface area (Å²) >= 11 is 0. The van der Waals surface area contributed by atoms with Crippen molar-refractivity contribution in [3.8, 4) is 0 Å². The zero-order valence-corrected chi connectivity index (χ0v) is 11.9. The number of rotatable bonds is 8. The molecular formula is C14H30N2O. The molecular weight excluding hydrogens is 212 g/mol. The lowest BCUT2D eigenvalue weighted by molar-refractivity contribution is -0.000436. The monoisotopic (exact) mass is 242 g/mol. The molecule has 1 rings (SSSR count). The van der Waals surface area contributed by atoms with Gasteiger partial charge in [0.05, 0.1) is 6.10 Å². The van der Waals surface area contributed by atoms with Crippen LogP contribution in [0, 0.1) is 0 Å². The number of nitrogens with one attached hydrogen (secondary N) is 1. The van der Waals surface area contributed by atoms with E-state index in [4.69, 9.17) is 4.74 Å². The highest BCUT2D eigenvalue weighted by Crippen LogP contribution is 2.14. The van der Waals surface area contributed by atoms with E-state index >= 15 is 0 Å². The van der Waals surface area contributed by atoms with Crippen LogP contribution in [0.15, 0.2) is 0 Å². The van der Waals surface area contributed by atoms with Crippen molar-refractivity contribution in [1.29, 1.82) is 0 Å². The molecule has 1 aliphatic rings. The average Bonchev–Trinajstić information content (AvgIpc) is 2.36. The van der Waals surface area contributed by atoms with Gasteiger partial charge in [0.25, 0.3) is 0 Å². The maximum absolute atomic E-state index is 5.86. The van der Waals surface area contributed by atoms with Gasteiger partial charge in [-0.25, -0.2) is 0 Å². The number of hydrogen-bond donors (Lipinski definition) is 1. The molecule has 17 heavy (non-hydrogen) atoms. The number of likely N-dealkylation sites (tertiary alicyclic amines) is 1. The van der Waals surface area contributed by atoms with Crippen LogP contribution in [-0.4, -0.2) is 50.3 Å². The zero-order valence-electron chi connectivity index (χ0n) is 11.9. The highest BCUT2D eigenvalue weighted by Gasteiger charge is 2.19. The molecule has 3 heteroatoms. The smallest absolute Gasteiger partial charge is 0.0702 e. The number of ether oxygens (including phenoxy) is 1. The molecule has 1 heterocycles. The van der Waals surface area contributed by atoms with Gasteiger partial charge in [0.2, 0.25) is 0 Å². The van der Waals surface area contributed by atoms with E-state index < -0.39 is 0 Å². The summed E-state index contributed by atoms with van der Waals surface area (Å²) in [5.74, 6) is 0. The Kier molecular flexibility index (Phi) is 7.82. The molecule has 2 unspecified atom stereocenters. The van der Waals surface area contributed by atoms with Gasteiger partial charge in [-0.15, -0.1) is 0 Å². The van der Waals surface area contributed by atoms with Crippen molar-refractivity contribution in [2.45, 2.75) is 58.1 Å². The van der Waals surface area contributed by atoms with Crippen molar-refractivity contribution >= 4 is 0 Å². The third-order valence-corrected chi connectivity index (χ3v) is 3.62. The summed E-state index contributed by atoms with van der Waals surface area (Å²) in [5.41, 5.74) is 0. The first kappa shape index (κ1) is 14.9. The van der Waals surface area contributed by atoms with Crippen LogP contribution in [0.3, 0.4) is 0 Å². The van der Waals surface area contributed by atoms with Crippen LogP contribution < -0.4 is 5.32 Å². The molecule has 0 amide bonds. The van der Waals surface area contributed by atoms with Gasteiger partial charge >= 0.3 is 0 Å². The van der Waals surface area contributed by atoms with E-state index in [1.54, 1.807) is 0 Å². The molecule has 0 spiro atoms. The zero-order chi connectivity index (χ0) is 12.5. The summed E-state index contributed by atoms with van der Waals surface area (Å²) in [4.78, 5) is 2.58. The van der Waals surface area contributed by atoms with E-state index in [0.717, 1.165) is 19.6 Å². The van der Waals surface area contributed by atoms with E-state index in [0.29, 0.717) is 12.1 Å². The molecule has 102 valence electrons. The van der Waals surface area contributed by atoms with E-state index in [2.05, 4.69) is 24.1 Å². The van der Waals surface area contributed by atoms with E-state index in [1.165, 1.54) is 38.8 Å². The Hall–Kier alpha value is -0.120. The minimum Gasteiger partial charge on any atom is -0.377 e. The number of nitrogens with zero attached hydrogens (tertiary/aromatic N) is 1. The minimum atomic E-state index is 0.491. The Labute approximate surface area is 107 Å². The standard InChI is InChI=1S/C14H30N2O/c1-4-11-17-14-8-6-10-16(12-14)9-5-7-13(2)15-3/h13-15H,4-12H2,1-3H3. The molecule has 3 nitrogen and oxygen atoms in total. The van der Waals surface area contributed by atoms with Gasteiger partial charge in [0, 0.05) is 19.2 Å². The Morgan fingerprint density at radius 1 is 1.47 bits per heavy atom. The summed E-state index contributed by atoms with van der Waals surface area (Å²) in [6.45, 7) is 9.00. The quantitative estimate of drug-likeness (QED) is 0.706. The SMILES string of the molecule is CCCOC1CCCN(CCCC(C)NC)C1. The first-order valence-corrected chi connectivity index (χ1v) is 7.27. The van der Waals surface area contributed by atoms with Gasteiger partial charge in [-0.3, -0.25) is 0 Å². The average molecular weight is 242 g/mol. The van der Waals surface area contributed by atoms with Gasteiger partial charge in [0.15, 0.2) is 0 Å². The second-order valence-corrected chi connectivity index (χ2v) is 5.27. The minimum absolute atomic E-state index is 0.491. The molecule has 1 fully saturated rings. The Morgan fingerprint density at radius 2 is 2.29 bits per heavy atom. The lowest BCUT2D eigenvalue weighted by Gasteiger charge is -2.32. The van der Waals surface area contributed by atoms with Gasteiger partial charge in [0.1, 0.15) is 0 Å². The lowest BCUT2D eigenvalue weighted by atomic mass is 10.1. The van der Waals surface area contributed by atoms with Crippen molar-refractivity contribution in [2.24, 2.45) is 0 Å². The molecule has 0 aliphatic carbocycles. The summed E-state index contributed by atoms with van der Waals surface area (Å²) < 4.78 is 5.86. The molecule has 0 aromatic rings. The van der Waals surface area contributed by atoms with Crippen molar-refractivity contribution in [1.82, 2.24) is 10.2 Å². The van der Waals surface area contributed by atoms with E-state index in [-0.39, 0.29) is 0 Å². The van der Waals surface area contributed by atoms with Crippen LogP contribution in [-0.2, 0) is 4.74 Å². The van der Waals surface area contributed by atoms with Gasteiger partial charge in [-0.05, 0) is 59.2 Å². The van der Waals surface area contributed by atoms with Crippen LogP contribution >= 0.6 is 0 Å². The third kappa shape index (κ3) is 6.39. The molecule has 0 aromatic heterocycles. The second kappa shape index (κ2) is 8.90. The van der Waals surface area contributed by atoms with Crippen molar-refractivity contribution in [2.75, 3.05) is 33.3 Å². The molecule has 1 aliphatic heterocycles. The maximum Gasteiger partial charge on any atom is 0.0702 e. The molecule has 0 aromatic carbocycles. The van der Waals surface area contributed by atoms with Crippen LogP contribution in [0.4, 0.5) is 0 Å². The van der Waals surface area contributed by atoms with Crippen molar-refractivity contribution < 1.29 is 4.74 Å². The predicted octanol–water partition coefficient (Wildman–Crippen LogP) is 2.27. The fourth-order valence-corrected chi connectivity index (χ4v) is 2.40. The van der Waals surface area contributed by atoms with Crippen molar-refractivity contribution in [3.63, 3.8) is 0 Å². The second-order valence-electron chi connectivity index (χ2n) is 5.27. The fraction of sp³-hybridized carbons (Fsp3) is 1.00. The first-order chi connectivity index (χ1) is 8.26.